The van der Waals surface area contributed by atoms with Gasteiger partial charge in [-0.15, -0.1) is 37.2 Å². The van der Waals surface area contributed by atoms with E-state index in [1.54, 1.807) is 11.1 Å². The van der Waals surface area contributed by atoms with Gasteiger partial charge in [0.15, 0.2) is 0 Å². The number of pyridine rings is 2. The third-order valence-electron chi connectivity index (χ3n) is 5.55. The van der Waals surface area contributed by atoms with Crippen molar-refractivity contribution in [3.05, 3.63) is 89.5 Å². The summed E-state index contributed by atoms with van der Waals surface area (Å²) in [5, 5.41) is 0. The third kappa shape index (κ3) is 8.13. The number of fused-ring (bicyclic) bond motifs is 1. The average Bonchev–Trinajstić information content (AvgIpc) is 3.09. The van der Waals surface area contributed by atoms with Gasteiger partial charge in [0.05, 0.1) is 6.61 Å². The van der Waals surface area contributed by atoms with E-state index in [2.05, 4.69) is 33.1 Å². The maximum atomic E-state index is 12.2. The molecule has 0 aliphatic carbocycles. The van der Waals surface area contributed by atoms with Crippen molar-refractivity contribution < 1.29 is 9.53 Å². The molecule has 184 valence electrons. The molecule has 0 fully saturated rings. The number of aromatic nitrogens is 2. The SMILES string of the molecule is CN1Cc2ccc(OCCCN(CCc3cccnc3)Cc3ccncc3)cc2C1=O.Cl.Cl.Cl. The van der Waals surface area contributed by atoms with E-state index < -0.39 is 0 Å². The number of nitrogens with zero attached hydrogens (tertiary/aromatic N) is 4. The molecular formula is C25H31Cl3N4O2. The molecule has 3 heterocycles. The first-order chi connectivity index (χ1) is 15.2. The molecule has 4 rings (SSSR count). The average molecular weight is 526 g/mol. The lowest BCUT2D eigenvalue weighted by Crippen LogP contribution is -2.28. The van der Waals surface area contributed by atoms with Gasteiger partial charge in [0, 0.05) is 63.6 Å². The predicted molar refractivity (Wildman–Crippen MR) is 142 cm³/mol. The Morgan fingerprint density at radius 3 is 2.50 bits per heavy atom. The minimum absolute atomic E-state index is 0. The van der Waals surface area contributed by atoms with Crippen LogP contribution >= 0.6 is 37.2 Å². The lowest BCUT2D eigenvalue weighted by molar-refractivity contribution is 0.0816. The van der Waals surface area contributed by atoms with Gasteiger partial charge < -0.3 is 9.64 Å². The van der Waals surface area contributed by atoms with Crippen molar-refractivity contribution in [2.45, 2.75) is 25.9 Å². The second-order valence-corrected chi connectivity index (χ2v) is 7.93. The molecule has 6 nitrogen and oxygen atoms in total. The standard InChI is InChI=1S/C25H28N4O2.3ClH/c1-28-19-22-5-6-23(16-24(22)25(28)30)31-15-3-13-29(18-21-7-11-26-12-8-21)14-9-20-4-2-10-27-17-20;;;/h2,4-8,10-12,16-17H,3,9,13-15,18-19H2,1H3;3*1H. The minimum Gasteiger partial charge on any atom is -0.494 e. The zero-order valence-electron chi connectivity index (χ0n) is 19.1. The Bertz CT molecular complexity index is 1010. The van der Waals surface area contributed by atoms with Crippen LogP contribution in [0.25, 0.3) is 0 Å². The summed E-state index contributed by atoms with van der Waals surface area (Å²) in [7, 11) is 1.83. The van der Waals surface area contributed by atoms with Crippen molar-refractivity contribution in [2.75, 3.05) is 26.7 Å². The van der Waals surface area contributed by atoms with Crippen LogP contribution in [0.2, 0.25) is 0 Å². The molecule has 0 spiro atoms. The second kappa shape index (κ2) is 14.8. The fourth-order valence-electron chi connectivity index (χ4n) is 3.84. The number of amides is 1. The van der Waals surface area contributed by atoms with E-state index in [0.717, 1.165) is 49.4 Å². The number of hydrogen-bond donors (Lipinski definition) is 0. The van der Waals surface area contributed by atoms with Crippen molar-refractivity contribution in [3.8, 4) is 5.75 Å². The molecule has 9 heteroatoms. The van der Waals surface area contributed by atoms with Crippen LogP contribution in [0, 0.1) is 0 Å². The van der Waals surface area contributed by atoms with Gasteiger partial charge in [0.1, 0.15) is 5.75 Å². The Hall–Kier alpha value is -2.38. The molecule has 1 aromatic carbocycles. The van der Waals surface area contributed by atoms with Crippen molar-refractivity contribution in [2.24, 2.45) is 0 Å². The molecule has 1 aliphatic rings. The quantitative estimate of drug-likeness (QED) is 0.355. The maximum Gasteiger partial charge on any atom is 0.254 e. The van der Waals surface area contributed by atoms with E-state index in [-0.39, 0.29) is 43.1 Å². The molecule has 0 bridgehead atoms. The summed E-state index contributed by atoms with van der Waals surface area (Å²) in [6.07, 6.45) is 9.28. The van der Waals surface area contributed by atoms with Gasteiger partial charge in [0.25, 0.3) is 5.91 Å². The molecule has 1 aliphatic heterocycles. The first-order valence-electron chi connectivity index (χ1n) is 10.7. The molecule has 0 saturated heterocycles. The van der Waals surface area contributed by atoms with Crippen LogP contribution in [0.3, 0.4) is 0 Å². The van der Waals surface area contributed by atoms with Crippen molar-refractivity contribution in [3.63, 3.8) is 0 Å². The Morgan fingerprint density at radius 1 is 0.971 bits per heavy atom. The van der Waals surface area contributed by atoms with Gasteiger partial charge in [-0.2, -0.15) is 0 Å². The van der Waals surface area contributed by atoms with E-state index in [4.69, 9.17) is 4.74 Å². The number of carbonyl (C=O) groups is 1. The van der Waals surface area contributed by atoms with Crippen LogP contribution in [0.4, 0.5) is 0 Å². The molecule has 0 N–H and O–H groups in total. The fourth-order valence-corrected chi connectivity index (χ4v) is 3.84. The normalized spacial score (nSPS) is 11.8. The summed E-state index contributed by atoms with van der Waals surface area (Å²) in [6.45, 7) is 4.04. The highest BCUT2D eigenvalue weighted by Gasteiger charge is 2.24. The largest absolute Gasteiger partial charge is 0.494 e. The summed E-state index contributed by atoms with van der Waals surface area (Å²) in [6, 6.07) is 14.1. The van der Waals surface area contributed by atoms with Gasteiger partial charge >= 0.3 is 0 Å². The van der Waals surface area contributed by atoms with Gasteiger partial charge in [-0.3, -0.25) is 19.7 Å². The highest BCUT2D eigenvalue weighted by atomic mass is 35.5. The van der Waals surface area contributed by atoms with Crippen LogP contribution in [0.1, 0.15) is 33.5 Å². The first-order valence-corrected chi connectivity index (χ1v) is 10.7. The summed E-state index contributed by atoms with van der Waals surface area (Å²) < 4.78 is 5.96. The van der Waals surface area contributed by atoms with E-state index in [0.29, 0.717) is 13.2 Å². The molecule has 34 heavy (non-hydrogen) atoms. The zero-order valence-corrected chi connectivity index (χ0v) is 21.6. The third-order valence-corrected chi connectivity index (χ3v) is 5.55. The Morgan fingerprint density at radius 2 is 1.76 bits per heavy atom. The van der Waals surface area contributed by atoms with Gasteiger partial charge in [-0.25, -0.2) is 0 Å². The van der Waals surface area contributed by atoms with E-state index in [9.17, 15) is 4.79 Å². The lowest BCUT2D eigenvalue weighted by atomic mass is 10.1. The second-order valence-electron chi connectivity index (χ2n) is 7.93. The highest BCUT2D eigenvalue weighted by Crippen LogP contribution is 2.25. The van der Waals surface area contributed by atoms with Crippen LogP contribution in [0.5, 0.6) is 5.75 Å². The first kappa shape index (κ1) is 29.7. The molecule has 3 aromatic rings. The van der Waals surface area contributed by atoms with E-state index in [1.807, 2.05) is 49.9 Å². The van der Waals surface area contributed by atoms with Crippen molar-refractivity contribution in [1.29, 1.82) is 0 Å². The molecule has 0 unspecified atom stereocenters. The van der Waals surface area contributed by atoms with Crippen molar-refractivity contribution >= 4 is 43.1 Å². The van der Waals surface area contributed by atoms with Gasteiger partial charge in [0.2, 0.25) is 0 Å². The van der Waals surface area contributed by atoms with Gasteiger partial charge in [-0.05, 0) is 59.9 Å². The zero-order chi connectivity index (χ0) is 21.5. The number of hydrogen-bond acceptors (Lipinski definition) is 5. The summed E-state index contributed by atoms with van der Waals surface area (Å²) in [5.74, 6) is 0.831. The number of ether oxygens (including phenoxy) is 1. The molecule has 0 atom stereocenters. The number of carbonyl (C=O) groups excluding carboxylic acids is 1. The lowest BCUT2D eigenvalue weighted by Gasteiger charge is -2.22. The Balaban J connectivity index is 0.00000193. The predicted octanol–water partition coefficient (Wildman–Crippen LogP) is 4.84. The molecule has 0 radical (unpaired) electrons. The number of halogens is 3. The van der Waals surface area contributed by atoms with Gasteiger partial charge in [-0.1, -0.05) is 12.1 Å². The molecule has 2 aromatic heterocycles. The maximum absolute atomic E-state index is 12.2. The monoisotopic (exact) mass is 524 g/mol. The Labute approximate surface area is 220 Å². The topological polar surface area (TPSA) is 58.6 Å². The molecular weight excluding hydrogens is 495 g/mol. The van der Waals surface area contributed by atoms with Crippen LogP contribution in [0.15, 0.2) is 67.3 Å². The van der Waals surface area contributed by atoms with E-state index in [1.165, 1.54) is 11.1 Å². The number of benzene rings is 1. The molecule has 1 amide bonds. The van der Waals surface area contributed by atoms with Crippen LogP contribution < -0.4 is 4.74 Å². The fraction of sp³-hybridized carbons (Fsp3) is 0.320. The van der Waals surface area contributed by atoms with E-state index >= 15 is 0 Å². The van der Waals surface area contributed by atoms with Crippen LogP contribution in [-0.2, 0) is 19.5 Å². The smallest absolute Gasteiger partial charge is 0.254 e. The Kier molecular flexibility index (Phi) is 12.9. The summed E-state index contributed by atoms with van der Waals surface area (Å²) in [4.78, 5) is 24.7. The minimum atomic E-state index is 0. The van der Waals surface area contributed by atoms with Crippen molar-refractivity contribution in [1.82, 2.24) is 19.8 Å². The van der Waals surface area contributed by atoms with Crippen LogP contribution in [-0.4, -0.2) is 52.4 Å². The molecule has 0 saturated carbocycles. The number of rotatable bonds is 10. The summed E-state index contributed by atoms with van der Waals surface area (Å²) in [5.41, 5.74) is 4.32. The summed E-state index contributed by atoms with van der Waals surface area (Å²) >= 11 is 0. The highest BCUT2D eigenvalue weighted by molar-refractivity contribution is 5.98.